The number of aliphatic hydroxyl groups excluding tert-OH is 1. The molecular weight excluding hydrogens is 382 g/mol. The molecule has 1 atom stereocenters. The fraction of sp³-hybridized carbons (Fsp3) is 0.350. The van der Waals surface area contributed by atoms with Gasteiger partial charge in [-0.2, -0.15) is 0 Å². The summed E-state index contributed by atoms with van der Waals surface area (Å²) in [5.41, 5.74) is 3.80. The van der Waals surface area contributed by atoms with Gasteiger partial charge >= 0.3 is 0 Å². The highest BCUT2D eigenvalue weighted by atomic mass is 35.5. The van der Waals surface area contributed by atoms with Gasteiger partial charge < -0.3 is 15.3 Å². The van der Waals surface area contributed by atoms with E-state index >= 15 is 0 Å². The van der Waals surface area contributed by atoms with Gasteiger partial charge in [0.15, 0.2) is 0 Å². The molecule has 0 saturated heterocycles. The lowest BCUT2D eigenvalue weighted by Gasteiger charge is -2.22. The Labute approximate surface area is 170 Å². The third kappa shape index (κ3) is 4.86. The first-order valence-corrected chi connectivity index (χ1v) is 8.78. The van der Waals surface area contributed by atoms with Gasteiger partial charge in [-0.05, 0) is 38.0 Å². The third-order valence-corrected chi connectivity index (χ3v) is 4.23. The number of nitrogens with zero attached hydrogens (tertiary/aromatic N) is 2. The van der Waals surface area contributed by atoms with Gasteiger partial charge in [-0.1, -0.05) is 29.4 Å². The van der Waals surface area contributed by atoms with Gasteiger partial charge in [0.1, 0.15) is 18.4 Å². The van der Waals surface area contributed by atoms with E-state index in [2.05, 4.69) is 10.5 Å². The highest BCUT2D eigenvalue weighted by Crippen LogP contribution is 2.38. The van der Waals surface area contributed by atoms with Crippen LogP contribution in [0, 0.1) is 10.1 Å². The maximum atomic E-state index is 11.1. The summed E-state index contributed by atoms with van der Waals surface area (Å²) in [6.45, 7) is 6.45. The quantitative estimate of drug-likeness (QED) is 0.483. The predicted molar refractivity (Wildman–Crippen MR) is 111 cm³/mol. The van der Waals surface area contributed by atoms with Crippen molar-refractivity contribution in [1.29, 1.82) is 0 Å². The third-order valence-electron chi connectivity index (χ3n) is 4.23. The first-order valence-electron chi connectivity index (χ1n) is 8.78. The molecule has 0 bridgehead atoms. The van der Waals surface area contributed by atoms with Crippen LogP contribution in [0.2, 0.25) is 0 Å². The summed E-state index contributed by atoms with van der Waals surface area (Å²) in [6, 6.07) is 12.4. The van der Waals surface area contributed by atoms with E-state index in [9.17, 15) is 15.2 Å². The van der Waals surface area contributed by atoms with Crippen molar-refractivity contribution in [1.82, 2.24) is 5.32 Å². The zero-order valence-corrected chi connectivity index (χ0v) is 16.8. The molecule has 0 saturated carbocycles. The number of benzene rings is 2. The van der Waals surface area contributed by atoms with Crippen LogP contribution in [0.3, 0.4) is 0 Å². The van der Waals surface area contributed by atoms with Gasteiger partial charge in [0.2, 0.25) is 0 Å². The van der Waals surface area contributed by atoms with Crippen LogP contribution in [0.4, 0.5) is 5.69 Å². The molecule has 2 aromatic rings. The molecule has 0 aliphatic heterocycles. The zero-order chi connectivity index (χ0) is 19.6. The first-order chi connectivity index (χ1) is 12.8. The number of nitrogens with one attached hydrogen (secondary N) is 1. The molecule has 1 aliphatic carbocycles. The van der Waals surface area contributed by atoms with E-state index < -0.39 is 11.0 Å². The van der Waals surface area contributed by atoms with Crippen molar-refractivity contribution in [3.63, 3.8) is 0 Å². The lowest BCUT2D eigenvalue weighted by molar-refractivity contribution is -0.384. The standard InChI is InChI=1S/C20H23N3O4.ClH/c1-20(2,3)21-11-14(24)12-27-22-19-17-7-5-4-6-15(17)16-9-8-13(23(25)26)10-18(16)19;/h4-10,14,21,24H,11-12H2,1-3H3;1H/b22-19-;. The SMILES string of the molecule is CC(C)(C)NCC(O)CO/N=C1/c2ccccc2-c2ccc([N+](=O)[O-])cc21.Cl. The Morgan fingerprint density at radius 1 is 1.14 bits per heavy atom. The average Bonchev–Trinajstić information content (AvgIpc) is 2.93. The normalized spacial score (nSPS) is 14.8. The van der Waals surface area contributed by atoms with Crippen LogP contribution in [-0.4, -0.2) is 40.5 Å². The number of aliphatic hydroxyl groups is 1. The number of β-amino-alcohol motifs (C(OH)–C–C–N with tert-alkyl or cyclic N) is 1. The Kier molecular flexibility index (Phi) is 6.77. The van der Waals surface area contributed by atoms with E-state index in [1.165, 1.54) is 12.1 Å². The molecular formula is C20H24ClN3O4. The van der Waals surface area contributed by atoms with Crippen LogP contribution in [-0.2, 0) is 4.84 Å². The summed E-state index contributed by atoms with van der Waals surface area (Å²) in [4.78, 5) is 16.1. The van der Waals surface area contributed by atoms with E-state index in [4.69, 9.17) is 4.84 Å². The van der Waals surface area contributed by atoms with Crippen molar-refractivity contribution >= 4 is 23.8 Å². The van der Waals surface area contributed by atoms with Crippen LogP contribution in [0.25, 0.3) is 11.1 Å². The second-order valence-corrected chi connectivity index (χ2v) is 7.55. The highest BCUT2D eigenvalue weighted by molar-refractivity contribution is 6.24. The molecule has 0 amide bonds. The Bertz CT molecular complexity index is 893. The van der Waals surface area contributed by atoms with Crippen molar-refractivity contribution in [3.05, 3.63) is 63.7 Å². The Morgan fingerprint density at radius 3 is 2.43 bits per heavy atom. The molecule has 0 spiro atoms. The minimum absolute atomic E-state index is 0. The minimum Gasteiger partial charge on any atom is -0.392 e. The van der Waals surface area contributed by atoms with E-state index in [1.807, 2.05) is 45.0 Å². The van der Waals surface area contributed by atoms with Gasteiger partial charge in [-0.15, -0.1) is 12.4 Å². The molecule has 0 heterocycles. The zero-order valence-electron chi connectivity index (χ0n) is 16.0. The summed E-state index contributed by atoms with van der Waals surface area (Å²) in [6.07, 6.45) is -0.713. The van der Waals surface area contributed by atoms with Gasteiger partial charge in [-0.25, -0.2) is 0 Å². The fourth-order valence-corrected chi connectivity index (χ4v) is 2.92. The van der Waals surface area contributed by atoms with Gasteiger partial charge in [-0.3, -0.25) is 10.1 Å². The molecule has 0 fully saturated rings. The predicted octanol–water partition coefficient (Wildman–Crippen LogP) is 3.52. The number of hydrogen-bond donors (Lipinski definition) is 2. The molecule has 8 heteroatoms. The minimum atomic E-state index is -0.713. The number of nitro groups is 1. The summed E-state index contributed by atoms with van der Waals surface area (Å²) in [7, 11) is 0. The molecule has 0 radical (unpaired) electrons. The second-order valence-electron chi connectivity index (χ2n) is 7.55. The topological polar surface area (TPSA) is 97.0 Å². The Hall–Kier alpha value is -2.48. The summed E-state index contributed by atoms with van der Waals surface area (Å²) in [5, 5.41) is 28.6. The highest BCUT2D eigenvalue weighted by Gasteiger charge is 2.27. The van der Waals surface area contributed by atoms with Crippen molar-refractivity contribution in [3.8, 4) is 11.1 Å². The lowest BCUT2D eigenvalue weighted by Crippen LogP contribution is -2.42. The first kappa shape index (κ1) is 21.8. The lowest BCUT2D eigenvalue weighted by atomic mass is 10.1. The molecule has 150 valence electrons. The number of non-ortho nitro benzene ring substituents is 1. The van der Waals surface area contributed by atoms with Crippen LogP contribution < -0.4 is 5.32 Å². The Morgan fingerprint density at radius 2 is 1.79 bits per heavy atom. The molecule has 2 N–H and O–H groups in total. The number of oxime groups is 1. The van der Waals surface area contributed by atoms with E-state index in [1.54, 1.807) is 6.07 Å². The van der Waals surface area contributed by atoms with Crippen molar-refractivity contribution in [2.45, 2.75) is 32.4 Å². The number of rotatable bonds is 6. The van der Waals surface area contributed by atoms with E-state index in [0.717, 1.165) is 16.7 Å². The largest absolute Gasteiger partial charge is 0.392 e. The number of hydrogen-bond acceptors (Lipinski definition) is 6. The average molecular weight is 406 g/mol. The van der Waals surface area contributed by atoms with Crippen molar-refractivity contribution in [2.24, 2.45) is 5.16 Å². The molecule has 3 rings (SSSR count). The number of fused-ring (bicyclic) bond motifs is 3. The second kappa shape index (κ2) is 8.68. The number of nitro benzene ring substituents is 1. The summed E-state index contributed by atoms with van der Waals surface area (Å²) >= 11 is 0. The molecule has 7 nitrogen and oxygen atoms in total. The van der Waals surface area contributed by atoms with Gasteiger partial charge in [0.05, 0.1) is 4.92 Å². The molecule has 1 aliphatic rings. The molecule has 28 heavy (non-hydrogen) atoms. The van der Waals surface area contributed by atoms with Crippen LogP contribution in [0.1, 0.15) is 31.9 Å². The molecule has 1 unspecified atom stereocenters. The van der Waals surface area contributed by atoms with E-state index in [-0.39, 0.29) is 30.2 Å². The van der Waals surface area contributed by atoms with Crippen molar-refractivity contribution in [2.75, 3.05) is 13.2 Å². The van der Waals surface area contributed by atoms with Crippen LogP contribution in [0.15, 0.2) is 47.6 Å². The Balaban J connectivity index is 0.00000280. The fourth-order valence-electron chi connectivity index (χ4n) is 2.92. The number of halogens is 1. The van der Waals surface area contributed by atoms with E-state index in [0.29, 0.717) is 17.8 Å². The van der Waals surface area contributed by atoms with Crippen molar-refractivity contribution < 1.29 is 14.9 Å². The maximum absolute atomic E-state index is 11.1. The van der Waals surface area contributed by atoms with Gasteiger partial charge in [0.25, 0.3) is 5.69 Å². The monoisotopic (exact) mass is 405 g/mol. The maximum Gasteiger partial charge on any atom is 0.270 e. The molecule has 2 aromatic carbocycles. The summed E-state index contributed by atoms with van der Waals surface area (Å²) < 4.78 is 0. The summed E-state index contributed by atoms with van der Waals surface area (Å²) in [5.74, 6) is 0. The smallest absolute Gasteiger partial charge is 0.270 e. The van der Waals surface area contributed by atoms with Crippen LogP contribution in [0.5, 0.6) is 0 Å². The molecule has 0 aromatic heterocycles. The van der Waals surface area contributed by atoms with Crippen LogP contribution >= 0.6 is 12.4 Å². The van der Waals surface area contributed by atoms with Gasteiger partial charge in [0, 0.05) is 35.3 Å².